The van der Waals surface area contributed by atoms with Gasteiger partial charge in [0.2, 0.25) is 11.1 Å². The normalized spacial score (nSPS) is 19.6. The minimum absolute atomic E-state index is 0.0716. The molecule has 0 fully saturated rings. The number of allylic oxidation sites excluding steroid dienone is 2. The van der Waals surface area contributed by atoms with E-state index >= 15 is 0 Å². The summed E-state index contributed by atoms with van der Waals surface area (Å²) < 4.78 is 2.86. The predicted molar refractivity (Wildman–Crippen MR) is 127 cm³/mol. The van der Waals surface area contributed by atoms with Crippen LogP contribution in [0.2, 0.25) is 0 Å². The summed E-state index contributed by atoms with van der Waals surface area (Å²) in [7, 11) is 0. The molecule has 0 bridgehead atoms. The van der Waals surface area contributed by atoms with Gasteiger partial charge in [0.15, 0.2) is 5.78 Å². The van der Waals surface area contributed by atoms with Gasteiger partial charge in [-0.2, -0.15) is 4.98 Å². The number of nitrogens with zero attached hydrogens (tertiary/aromatic N) is 3. The van der Waals surface area contributed by atoms with Gasteiger partial charge in [0.05, 0.1) is 0 Å². The Labute approximate surface area is 194 Å². The average molecular weight is 495 g/mol. The third kappa shape index (κ3) is 4.08. The van der Waals surface area contributed by atoms with Crippen LogP contribution in [0.5, 0.6) is 0 Å². The molecule has 3 aromatic rings. The summed E-state index contributed by atoms with van der Waals surface area (Å²) in [4.78, 5) is 18.0. The molecular formula is C24H23BrN4OS. The molecule has 7 heteroatoms. The number of hydrogen-bond donors (Lipinski definition) is 1. The van der Waals surface area contributed by atoms with Crippen LogP contribution in [0.15, 0.2) is 75.5 Å². The van der Waals surface area contributed by atoms with E-state index in [9.17, 15) is 4.79 Å². The molecular weight excluding hydrogens is 472 g/mol. The van der Waals surface area contributed by atoms with Crippen LogP contribution < -0.4 is 5.32 Å². The second-order valence-electron chi connectivity index (χ2n) is 8.85. The first-order valence-electron chi connectivity index (χ1n) is 10.3. The number of fused-ring (bicyclic) bond motifs is 1. The quantitative estimate of drug-likeness (QED) is 0.451. The Kier molecular flexibility index (Phi) is 5.26. The van der Waals surface area contributed by atoms with Gasteiger partial charge in [-0.1, -0.05) is 84.0 Å². The van der Waals surface area contributed by atoms with Crippen LogP contribution in [0.25, 0.3) is 0 Å². The Morgan fingerprint density at radius 3 is 2.74 bits per heavy atom. The second kappa shape index (κ2) is 7.95. The van der Waals surface area contributed by atoms with E-state index in [4.69, 9.17) is 10.1 Å². The first kappa shape index (κ1) is 20.5. The molecule has 1 aromatic heterocycles. The van der Waals surface area contributed by atoms with Crippen LogP contribution in [-0.4, -0.2) is 20.5 Å². The lowest BCUT2D eigenvalue weighted by molar-refractivity contribution is -0.118. The molecule has 0 radical (unpaired) electrons. The lowest BCUT2D eigenvalue weighted by Crippen LogP contribution is -2.36. The van der Waals surface area contributed by atoms with Crippen molar-refractivity contribution in [1.82, 2.24) is 14.8 Å². The molecule has 5 nitrogen and oxygen atoms in total. The van der Waals surface area contributed by atoms with Gasteiger partial charge in [-0.25, -0.2) is 4.68 Å². The SMILES string of the molecule is CC1(C)CC(=O)C2=C(C1)Nc1nc(SCc3ccccc3)nn1C2c1cccc(Br)c1. The monoisotopic (exact) mass is 494 g/mol. The highest BCUT2D eigenvalue weighted by atomic mass is 79.9. The fourth-order valence-electron chi connectivity index (χ4n) is 4.36. The maximum absolute atomic E-state index is 13.3. The van der Waals surface area contributed by atoms with Gasteiger partial charge >= 0.3 is 0 Å². The van der Waals surface area contributed by atoms with Gasteiger partial charge in [-0.05, 0) is 35.1 Å². The molecule has 1 atom stereocenters. The summed E-state index contributed by atoms with van der Waals surface area (Å²) in [6.45, 7) is 4.29. The van der Waals surface area contributed by atoms with Crippen LogP contribution in [0.1, 0.15) is 43.9 Å². The molecule has 31 heavy (non-hydrogen) atoms. The van der Waals surface area contributed by atoms with Crippen molar-refractivity contribution in [3.63, 3.8) is 0 Å². The summed E-state index contributed by atoms with van der Waals surface area (Å²) >= 11 is 5.19. The summed E-state index contributed by atoms with van der Waals surface area (Å²) in [6.07, 6.45) is 1.36. The molecule has 0 saturated carbocycles. The zero-order valence-corrected chi connectivity index (χ0v) is 19.8. The van der Waals surface area contributed by atoms with Crippen molar-refractivity contribution in [1.29, 1.82) is 0 Å². The highest BCUT2D eigenvalue weighted by Crippen LogP contribution is 2.45. The van der Waals surface area contributed by atoms with E-state index in [1.54, 1.807) is 11.8 Å². The standard InChI is InChI=1S/C24H23BrN4OS/c1-24(2)12-18-20(19(30)13-24)21(16-9-6-10-17(25)11-16)29-22(26-18)27-23(28-29)31-14-15-7-4-3-5-8-15/h3-11,21H,12-14H2,1-2H3,(H,26,27,28). The van der Waals surface area contributed by atoms with E-state index in [1.165, 1.54) is 5.56 Å². The summed E-state index contributed by atoms with van der Waals surface area (Å²) in [5.41, 5.74) is 3.98. The average Bonchev–Trinajstić information content (AvgIpc) is 3.13. The number of aromatic nitrogens is 3. The van der Waals surface area contributed by atoms with Crippen molar-refractivity contribution < 1.29 is 4.79 Å². The summed E-state index contributed by atoms with van der Waals surface area (Å²) in [6, 6.07) is 18.1. The first-order chi connectivity index (χ1) is 14.9. The number of ketones is 1. The van der Waals surface area contributed by atoms with Gasteiger partial charge in [0.25, 0.3) is 0 Å². The molecule has 0 spiro atoms. The number of rotatable bonds is 4. The Bertz CT molecular complexity index is 1190. The van der Waals surface area contributed by atoms with Crippen molar-refractivity contribution in [2.45, 2.75) is 43.6 Å². The van der Waals surface area contributed by atoms with Crippen LogP contribution in [0.3, 0.4) is 0 Å². The molecule has 1 aliphatic heterocycles. The van der Waals surface area contributed by atoms with Crippen LogP contribution in [0.4, 0.5) is 5.95 Å². The van der Waals surface area contributed by atoms with Crippen molar-refractivity contribution >= 4 is 39.4 Å². The van der Waals surface area contributed by atoms with Crippen LogP contribution in [0, 0.1) is 5.41 Å². The minimum atomic E-state index is -0.272. The topological polar surface area (TPSA) is 59.8 Å². The number of hydrogen-bond acceptors (Lipinski definition) is 5. The van der Waals surface area contributed by atoms with E-state index in [-0.39, 0.29) is 17.2 Å². The number of anilines is 1. The number of Topliss-reactive ketones (excluding diaryl/α,β-unsaturated/α-hetero) is 1. The van der Waals surface area contributed by atoms with E-state index in [2.05, 4.69) is 59.4 Å². The highest BCUT2D eigenvalue weighted by Gasteiger charge is 2.41. The van der Waals surface area contributed by atoms with E-state index < -0.39 is 0 Å². The number of thioether (sulfide) groups is 1. The molecule has 0 amide bonds. The molecule has 1 aliphatic carbocycles. The summed E-state index contributed by atoms with van der Waals surface area (Å²) in [5.74, 6) is 1.68. The Morgan fingerprint density at radius 1 is 1.16 bits per heavy atom. The van der Waals surface area contributed by atoms with Gasteiger partial charge < -0.3 is 5.32 Å². The van der Waals surface area contributed by atoms with Crippen LogP contribution >= 0.6 is 27.7 Å². The highest BCUT2D eigenvalue weighted by molar-refractivity contribution is 9.10. The number of nitrogens with one attached hydrogen (secondary N) is 1. The number of carbonyl (C=O) groups is 1. The Hall–Kier alpha value is -2.38. The van der Waals surface area contributed by atoms with E-state index in [0.29, 0.717) is 17.5 Å². The van der Waals surface area contributed by atoms with Crippen molar-refractivity contribution in [3.05, 3.63) is 81.5 Å². The maximum Gasteiger partial charge on any atom is 0.227 e. The zero-order valence-electron chi connectivity index (χ0n) is 17.4. The fraction of sp³-hybridized carbons (Fsp3) is 0.292. The van der Waals surface area contributed by atoms with Crippen molar-refractivity contribution in [3.8, 4) is 0 Å². The predicted octanol–water partition coefficient (Wildman–Crippen LogP) is 5.99. The number of halogens is 1. The number of benzene rings is 2. The van der Waals surface area contributed by atoms with Crippen LogP contribution in [-0.2, 0) is 10.5 Å². The van der Waals surface area contributed by atoms with Gasteiger partial charge in [0.1, 0.15) is 6.04 Å². The first-order valence-corrected chi connectivity index (χ1v) is 12.1. The Balaban J connectivity index is 1.55. The molecule has 5 rings (SSSR count). The van der Waals surface area contributed by atoms with E-state index in [1.807, 2.05) is 35.0 Å². The van der Waals surface area contributed by atoms with Gasteiger partial charge in [0, 0.05) is 27.9 Å². The molecule has 2 aromatic carbocycles. The maximum atomic E-state index is 13.3. The van der Waals surface area contributed by atoms with Gasteiger partial charge in [-0.15, -0.1) is 5.10 Å². The number of carbonyl (C=O) groups excluding carboxylic acids is 1. The third-order valence-electron chi connectivity index (χ3n) is 5.69. The lowest BCUT2D eigenvalue weighted by Gasteiger charge is -2.38. The third-order valence-corrected chi connectivity index (χ3v) is 7.09. The van der Waals surface area contributed by atoms with Gasteiger partial charge in [-0.3, -0.25) is 4.79 Å². The summed E-state index contributed by atoms with van der Waals surface area (Å²) in [5, 5.41) is 8.97. The largest absolute Gasteiger partial charge is 0.328 e. The minimum Gasteiger partial charge on any atom is -0.328 e. The molecule has 158 valence electrons. The molecule has 2 heterocycles. The smallest absolute Gasteiger partial charge is 0.227 e. The van der Waals surface area contributed by atoms with Crippen molar-refractivity contribution in [2.75, 3.05) is 5.32 Å². The molecule has 0 saturated heterocycles. The van der Waals surface area contributed by atoms with E-state index in [0.717, 1.165) is 33.5 Å². The molecule has 1 unspecified atom stereocenters. The Morgan fingerprint density at radius 2 is 1.97 bits per heavy atom. The second-order valence-corrected chi connectivity index (χ2v) is 10.7. The fourth-order valence-corrected chi connectivity index (χ4v) is 5.56. The molecule has 2 aliphatic rings. The lowest BCUT2D eigenvalue weighted by atomic mass is 9.73. The molecule has 1 N–H and O–H groups in total. The zero-order chi connectivity index (χ0) is 21.6. The van der Waals surface area contributed by atoms with Crippen molar-refractivity contribution in [2.24, 2.45) is 5.41 Å².